The van der Waals surface area contributed by atoms with Crippen molar-refractivity contribution in [2.24, 2.45) is 23.8 Å². The summed E-state index contributed by atoms with van der Waals surface area (Å²) in [5, 5.41) is 9.36. The molecule has 15 heteroatoms. The Morgan fingerprint density at radius 3 is 2.48 bits per heavy atom. The summed E-state index contributed by atoms with van der Waals surface area (Å²) < 4.78 is 48.6. The van der Waals surface area contributed by atoms with Crippen molar-refractivity contribution in [1.29, 1.82) is 0 Å². The Labute approximate surface area is 190 Å². The second-order valence-corrected chi connectivity index (χ2v) is 6.88. The van der Waals surface area contributed by atoms with Crippen LogP contribution in [0.25, 0.3) is 11.1 Å². The number of nitrogens with zero attached hydrogens (tertiary/aromatic N) is 4. The van der Waals surface area contributed by atoms with Crippen LogP contribution in [0.4, 0.5) is 13.2 Å². The van der Waals surface area contributed by atoms with Crippen molar-refractivity contribution in [2.75, 3.05) is 20.8 Å². The summed E-state index contributed by atoms with van der Waals surface area (Å²) in [6, 6.07) is 4.54. The van der Waals surface area contributed by atoms with E-state index in [0.717, 1.165) is 4.68 Å². The first-order chi connectivity index (χ1) is 15.4. The van der Waals surface area contributed by atoms with Gasteiger partial charge in [0.1, 0.15) is 0 Å². The number of hydrogen-bond acceptors (Lipinski definition) is 8. The van der Waals surface area contributed by atoms with Crippen molar-refractivity contribution in [1.82, 2.24) is 20.1 Å². The minimum atomic E-state index is -4.49. The van der Waals surface area contributed by atoms with Gasteiger partial charge in [-0.2, -0.15) is 18.3 Å². The van der Waals surface area contributed by atoms with Crippen LogP contribution in [0.1, 0.15) is 16.9 Å². The van der Waals surface area contributed by atoms with Gasteiger partial charge in [-0.15, -0.1) is 5.10 Å². The average molecular weight is 492 g/mol. The standard InChI is InChI=1S/C18H21ClF3N7O4/c1-28-16(31)12(9-4-5-10(32-2)11(8-9)33-3)13(19)14(27-28)15(30)25-17(26-23)29(24)7-6-18(20,21)22/h4-5,8H,6-7,23-24H2,1-3H3,(H,25,26,30). The van der Waals surface area contributed by atoms with Crippen LogP contribution in [0.15, 0.2) is 28.1 Å². The van der Waals surface area contributed by atoms with Crippen molar-refractivity contribution in [2.45, 2.75) is 12.6 Å². The minimum absolute atomic E-state index is 0.0758. The molecule has 0 radical (unpaired) electrons. The zero-order valence-electron chi connectivity index (χ0n) is 17.7. The molecule has 1 heterocycles. The lowest BCUT2D eigenvalue weighted by molar-refractivity contribution is -0.136. The predicted molar refractivity (Wildman–Crippen MR) is 114 cm³/mol. The minimum Gasteiger partial charge on any atom is -0.493 e. The van der Waals surface area contributed by atoms with Crippen LogP contribution in [0.5, 0.6) is 11.5 Å². The van der Waals surface area contributed by atoms with E-state index in [9.17, 15) is 22.8 Å². The van der Waals surface area contributed by atoms with Crippen LogP contribution >= 0.6 is 11.6 Å². The third kappa shape index (κ3) is 6.04. The van der Waals surface area contributed by atoms with E-state index in [1.807, 2.05) is 0 Å². The van der Waals surface area contributed by atoms with Crippen LogP contribution in [0.2, 0.25) is 5.02 Å². The van der Waals surface area contributed by atoms with E-state index < -0.39 is 42.3 Å². The highest BCUT2D eigenvalue weighted by Gasteiger charge is 2.29. The topological polar surface area (TPSA) is 150 Å². The summed E-state index contributed by atoms with van der Waals surface area (Å²) in [7, 11) is 4.12. The Balaban J connectivity index is 2.43. The fraction of sp³-hybridized carbons (Fsp3) is 0.333. The number of nitrogens with two attached hydrogens (primary N) is 2. The maximum atomic E-state index is 12.8. The van der Waals surface area contributed by atoms with Gasteiger partial charge in [-0.05, 0) is 17.7 Å². The fourth-order valence-corrected chi connectivity index (χ4v) is 3.01. The highest BCUT2D eigenvalue weighted by Crippen LogP contribution is 2.34. The number of aromatic nitrogens is 2. The number of rotatable bonds is 6. The number of methoxy groups -OCH3 is 2. The molecule has 0 unspecified atom stereocenters. The molecule has 11 nitrogen and oxygen atoms in total. The SMILES string of the molecule is COc1ccc(-c2c(Cl)c(C(=O)NC(=NN)N(N)CCC(F)(F)F)nn(C)c2=O)cc1OC. The van der Waals surface area contributed by atoms with Gasteiger partial charge in [-0.1, -0.05) is 17.7 Å². The van der Waals surface area contributed by atoms with Gasteiger partial charge in [-0.25, -0.2) is 10.5 Å². The van der Waals surface area contributed by atoms with Gasteiger partial charge in [0.25, 0.3) is 11.5 Å². The van der Waals surface area contributed by atoms with Crippen molar-refractivity contribution in [3.05, 3.63) is 39.3 Å². The number of hydrogen-bond donors (Lipinski definition) is 3. The van der Waals surface area contributed by atoms with Gasteiger partial charge >= 0.3 is 6.18 Å². The Hall–Kier alpha value is -3.52. The van der Waals surface area contributed by atoms with Crippen molar-refractivity contribution < 1.29 is 27.4 Å². The third-order valence-corrected chi connectivity index (χ3v) is 4.70. The molecular formula is C18H21ClF3N7O4. The summed E-state index contributed by atoms with van der Waals surface area (Å²) in [6.45, 7) is -0.731. The number of hydrazone groups is 1. The number of halogens is 4. The van der Waals surface area contributed by atoms with Crippen molar-refractivity contribution >= 4 is 23.5 Å². The molecule has 1 amide bonds. The first-order valence-corrected chi connectivity index (χ1v) is 9.48. The quantitative estimate of drug-likeness (QED) is 0.236. The number of alkyl halides is 3. The van der Waals surface area contributed by atoms with E-state index in [-0.39, 0.29) is 10.6 Å². The number of amides is 1. The number of carbonyl (C=O) groups is 1. The van der Waals surface area contributed by atoms with E-state index in [1.165, 1.54) is 39.5 Å². The lowest BCUT2D eigenvalue weighted by Crippen LogP contribution is -2.50. The van der Waals surface area contributed by atoms with Gasteiger partial charge in [0.05, 0.1) is 31.2 Å². The number of hydrazine groups is 1. The van der Waals surface area contributed by atoms with E-state index >= 15 is 0 Å². The Bertz CT molecular complexity index is 1120. The van der Waals surface area contributed by atoms with Crippen LogP contribution in [-0.4, -0.2) is 53.6 Å². The van der Waals surface area contributed by atoms with Gasteiger partial charge in [0, 0.05) is 13.6 Å². The van der Waals surface area contributed by atoms with E-state index in [4.69, 9.17) is 32.8 Å². The van der Waals surface area contributed by atoms with E-state index in [1.54, 1.807) is 0 Å². The largest absolute Gasteiger partial charge is 0.493 e. The molecule has 180 valence electrons. The monoisotopic (exact) mass is 491 g/mol. The first-order valence-electron chi connectivity index (χ1n) is 9.10. The second-order valence-electron chi connectivity index (χ2n) is 6.50. The number of aryl methyl sites for hydroxylation is 1. The Morgan fingerprint density at radius 1 is 1.30 bits per heavy atom. The normalized spacial score (nSPS) is 11.8. The molecule has 0 aliphatic rings. The highest BCUT2D eigenvalue weighted by molar-refractivity contribution is 6.36. The van der Waals surface area contributed by atoms with Crippen molar-refractivity contribution in [3.63, 3.8) is 0 Å². The third-order valence-electron chi connectivity index (χ3n) is 4.33. The molecule has 2 rings (SSSR count). The number of ether oxygens (including phenoxy) is 2. The second kappa shape index (κ2) is 10.4. The molecule has 0 atom stereocenters. The Morgan fingerprint density at radius 2 is 1.94 bits per heavy atom. The van der Waals surface area contributed by atoms with E-state index in [0.29, 0.717) is 22.1 Å². The lowest BCUT2D eigenvalue weighted by Gasteiger charge is -2.21. The van der Waals surface area contributed by atoms with Crippen molar-refractivity contribution in [3.8, 4) is 22.6 Å². The average Bonchev–Trinajstić information content (AvgIpc) is 2.77. The maximum Gasteiger partial charge on any atom is 0.390 e. The molecule has 0 saturated carbocycles. The lowest BCUT2D eigenvalue weighted by atomic mass is 10.1. The van der Waals surface area contributed by atoms with Crippen LogP contribution in [0, 0.1) is 0 Å². The molecule has 0 aliphatic heterocycles. The number of benzene rings is 1. The molecule has 5 N–H and O–H groups in total. The van der Waals surface area contributed by atoms with Gasteiger partial charge < -0.3 is 15.3 Å². The first kappa shape index (κ1) is 25.7. The fourth-order valence-electron chi connectivity index (χ4n) is 2.69. The molecule has 33 heavy (non-hydrogen) atoms. The van der Waals surface area contributed by atoms with Gasteiger partial charge in [-0.3, -0.25) is 19.9 Å². The smallest absolute Gasteiger partial charge is 0.390 e. The summed E-state index contributed by atoms with van der Waals surface area (Å²) in [4.78, 5) is 25.5. The predicted octanol–water partition coefficient (Wildman–Crippen LogP) is 1.21. The van der Waals surface area contributed by atoms with Gasteiger partial charge in [0.15, 0.2) is 17.2 Å². The van der Waals surface area contributed by atoms with Crippen LogP contribution < -0.4 is 32.0 Å². The van der Waals surface area contributed by atoms with Crippen LogP contribution in [-0.2, 0) is 7.05 Å². The van der Waals surface area contributed by atoms with E-state index in [2.05, 4.69) is 15.5 Å². The molecule has 0 bridgehead atoms. The molecule has 0 fully saturated rings. The highest BCUT2D eigenvalue weighted by atomic mass is 35.5. The molecular weight excluding hydrogens is 471 g/mol. The summed E-state index contributed by atoms with van der Waals surface area (Å²) >= 11 is 6.34. The number of guanidine groups is 1. The maximum absolute atomic E-state index is 12.8. The molecule has 0 saturated heterocycles. The molecule has 1 aromatic carbocycles. The number of carbonyl (C=O) groups excluding carboxylic acids is 1. The zero-order chi connectivity index (χ0) is 24.9. The molecule has 0 aliphatic carbocycles. The molecule has 2 aromatic rings. The summed E-state index contributed by atoms with van der Waals surface area (Å²) in [5.74, 6) is 9.78. The molecule has 0 spiro atoms. The zero-order valence-corrected chi connectivity index (χ0v) is 18.5. The Kier molecular flexibility index (Phi) is 8.11. The summed E-state index contributed by atoms with van der Waals surface area (Å²) in [5.41, 5.74) is -0.822. The van der Waals surface area contributed by atoms with Gasteiger partial charge in [0.2, 0.25) is 5.96 Å². The number of nitrogens with one attached hydrogen (secondary N) is 1. The summed E-state index contributed by atoms with van der Waals surface area (Å²) in [6.07, 6.45) is -5.76. The van der Waals surface area contributed by atoms with Crippen LogP contribution in [0.3, 0.4) is 0 Å². The molecule has 1 aromatic heterocycles.